The molecule has 0 atom stereocenters. The van der Waals surface area contributed by atoms with Crippen molar-refractivity contribution in [3.05, 3.63) is 41.6 Å². The zero-order valence-electron chi connectivity index (χ0n) is 7.73. The van der Waals surface area contributed by atoms with E-state index in [1.165, 1.54) is 6.07 Å². The Labute approximate surface area is 85.7 Å². The quantitative estimate of drug-likeness (QED) is 0.777. The van der Waals surface area contributed by atoms with Crippen molar-refractivity contribution in [2.75, 3.05) is 0 Å². The number of para-hydroxylation sites is 1. The van der Waals surface area contributed by atoms with Crippen LogP contribution < -0.4 is 5.73 Å². The number of fused-ring (bicyclic) bond motifs is 1. The lowest BCUT2D eigenvalue weighted by atomic mass is 10.1. The first-order valence-corrected chi connectivity index (χ1v) is 4.30. The molecular formula is C11H7N2O2. The van der Waals surface area contributed by atoms with Gasteiger partial charge in [-0.25, -0.2) is 4.98 Å². The fraction of sp³-hybridized carbons (Fsp3) is 0. The lowest BCUT2D eigenvalue weighted by Gasteiger charge is -2.01. The molecule has 73 valence electrons. The molecule has 0 bridgehead atoms. The highest BCUT2D eigenvalue weighted by molar-refractivity contribution is 6.01. The van der Waals surface area contributed by atoms with Crippen molar-refractivity contribution in [3.63, 3.8) is 0 Å². The number of nitrogens with zero attached hydrogens (tertiary/aromatic N) is 1. The number of rotatable bonds is 2. The Balaban J connectivity index is 2.82. The van der Waals surface area contributed by atoms with Crippen LogP contribution in [0.1, 0.15) is 16.1 Å². The second kappa shape index (κ2) is 3.49. The normalized spacial score (nSPS) is 10.1. The molecule has 1 amide bonds. The van der Waals surface area contributed by atoms with Crippen LogP contribution in [0.2, 0.25) is 0 Å². The van der Waals surface area contributed by atoms with E-state index in [4.69, 9.17) is 5.73 Å². The lowest BCUT2D eigenvalue weighted by molar-refractivity contribution is 0.0996. The summed E-state index contributed by atoms with van der Waals surface area (Å²) in [5, 5.41) is 0.664. The summed E-state index contributed by atoms with van der Waals surface area (Å²) in [5.74, 6) is -0.655. The van der Waals surface area contributed by atoms with Gasteiger partial charge >= 0.3 is 0 Å². The van der Waals surface area contributed by atoms with E-state index in [2.05, 4.69) is 4.98 Å². The number of hydrogen-bond acceptors (Lipinski definition) is 3. The number of nitrogens with two attached hydrogens (primary N) is 1. The maximum absolute atomic E-state index is 10.9. The van der Waals surface area contributed by atoms with E-state index >= 15 is 0 Å². The molecule has 0 saturated carbocycles. The van der Waals surface area contributed by atoms with Crippen LogP contribution in [0.15, 0.2) is 30.3 Å². The van der Waals surface area contributed by atoms with Gasteiger partial charge in [0.25, 0.3) is 5.91 Å². The van der Waals surface area contributed by atoms with Gasteiger partial charge in [-0.15, -0.1) is 0 Å². The summed E-state index contributed by atoms with van der Waals surface area (Å²) in [6.45, 7) is 0. The van der Waals surface area contributed by atoms with Crippen LogP contribution in [0.4, 0.5) is 0 Å². The van der Waals surface area contributed by atoms with Crippen LogP contribution in [0, 0.1) is 0 Å². The Hall–Kier alpha value is -2.23. The van der Waals surface area contributed by atoms with Crippen molar-refractivity contribution in [2.24, 2.45) is 5.73 Å². The standard InChI is InChI=1S/C11H7N2O2/c12-11(15)10-5-7(6-14)8-3-1-2-4-9(8)13-10/h1-5H,(H2,12,15). The van der Waals surface area contributed by atoms with Crippen molar-refractivity contribution < 1.29 is 9.59 Å². The van der Waals surface area contributed by atoms with Gasteiger partial charge in [0.1, 0.15) is 5.69 Å². The average Bonchev–Trinajstić information content (AvgIpc) is 2.27. The van der Waals surface area contributed by atoms with Gasteiger partial charge < -0.3 is 5.73 Å². The second-order valence-corrected chi connectivity index (χ2v) is 3.04. The molecule has 0 fully saturated rings. The first kappa shape index (κ1) is 9.33. The molecule has 4 heteroatoms. The van der Waals surface area contributed by atoms with Crippen LogP contribution in [-0.4, -0.2) is 17.2 Å². The molecule has 0 aliphatic heterocycles. The number of primary amides is 1. The molecule has 0 saturated heterocycles. The molecule has 1 aromatic carbocycles. The van der Waals surface area contributed by atoms with Gasteiger partial charge in [-0.05, 0) is 12.1 Å². The molecule has 1 radical (unpaired) electrons. The van der Waals surface area contributed by atoms with Gasteiger partial charge in [-0.3, -0.25) is 9.59 Å². The number of carbonyl (C=O) groups excluding carboxylic acids is 2. The Morgan fingerprint density at radius 2 is 2.07 bits per heavy atom. The van der Waals surface area contributed by atoms with E-state index in [0.717, 1.165) is 0 Å². The molecule has 0 aliphatic carbocycles. The van der Waals surface area contributed by atoms with Crippen LogP contribution in [0.3, 0.4) is 0 Å². The summed E-state index contributed by atoms with van der Waals surface area (Å²) in [6.07, 6.45) is 1.77. The Morgan fingerprint density at radius 3 is 2.73 bits per heavy atom. The number of hydrogen-bond donors (Lipinski definition) is 1. The number of benzene rings is 1. The number of pyridine rings is 1. The highest BCUT2D eigenvalue weighted by Gasteiger charge is 2.08. The van der Waals surface area contributed by atoms with E-state index in [1.807, 2.05) is 0 Å². The summed E-state index contributed by atoms with van der Waals surface area (Å²) in [5.41, 5.74) is 6.04. The van der Waals surface area contributed by atoms with Crippen LogP contribution in [0.25, 0.3) is 10.9 Å². The van der Waals surface area contributed by atoms with Crippen molar-refractivity contribution in [2.45, 2.75) is 0 Å². The van der Waals surface area contributed by atoms with E-state index in [0.29, 0.717) is 16.5 Å². The third-order valence-electron chi connectivity index (χ3n) is 2.08. The molecule has 0 unspecified atom stereocenters. The largest absolute Gasteiger partial charge is 0.364 e. The molecule has 2 aromatic rings. The highest BCUT2D eigenvalue weighted by Crippen LogP contribution is 2.16. The smallest absolute Gasteiger partial charge is 0.267 e. The van der Waals surface area contributed by atoms with Gasteiger partial charge in [0, 0.05) is 10.9 Å². The zero-order chi connectivity index (χ0) is 10.8. The number of aromatic nitrogens is 1. The minimum absolute atomic E-state index is 0.0760. The highest BCUT2D eigenvalue weighted by atomic mass is 16.1. The summed E-state index contributed by atoms with van der Waals surface area (Å²) >= 11 is 0. The Morgan fingerprint density at radius 1 is 1.33 bits per heavy atom. The molecule has 0 spiro atoms. The minimum atomic E-state index is -0.655. The lowest BCUT2D eigenvalue weighted by Crippen LogP contribution is -2.13. The third-order valence-corrected chi connectivity index (χ3v) is 2.08. The van der Waals surface area contributed by atoms with Gasteiger partial charge in [0.15, 0.2) is 0 Å². The molecule has 1 heterocycles. The molecule has 4 nitrogen and oxygen atoms in total. The molecule has 2 rings (SSSR count). The van der Waals surface area contributed by atoms with Crippen LogP contribution >= 0.6 is 0 Å². The van der Waals surface area contributed by atoms with Gasteiger partial charge in [0.05, 0.1) is 5.52 Å². The fourth-order valence-electron chi connectivity index (χ4n) is 1.39. The fourth-order valence-corrected chi connectivity index (χ4v) is 1.39. The number of carbonyl (C=O) groups is 1. The van der Waals surface area contributed by atoms with E-state index in [9.17, 15) is 9.59 Å². The van der Waals surface area contributed by atoms with Gasteiger partial charge in [-0.1, -0.05) is 18.2 Å². The number of amides is 1. The molecule has 2 N–H and O–H groups in total. The molecule has 1 aromatic heterocycles. The predicted molar refractivity (Wildman–Crippen MR) is 55.1 cm³/mol. The van der Waals surface area contributed by atoms with Crippen LogP contribution in [0.5, 0.6) is 0 Å². The first-order valence-electron chi connectivity index (χ1n) is 4.30. The van der Waals surface area contributed by atoms with Crippen molar-refractivity contribution >= 4 is 23.1 Å². The maximum atomic E-state index is 10.9. The SMILES string of the molecule is NC(=O)c1cc([C]=O)c2ccccc2n1. The summed E-state index contributed by atoms with van der Waals surface area (Å²) in [6, 6.07) is 8.36. The topological polar surface area (TPSA) is 73.1 Å². The zero-order valence-corrected chi connectivity index (χ0v) is 7.73. The summed E-state index contributed by atoms with van der Waals surface area (Å²) in [4.78, 5) is 25.7. The summed E-state index contributed by atoms with van der Waals surface area (Å²) < 4.78 is 0. The molecular weight excluding hydrogens is 192 g/mol. The molecule has 0 aliphatic rings. The Bertz CT molecular complexity index is 549. The second-order valence-electron chi connectivity index (χ2n) is 3.04. The Kier molecular flexibility index (Phi) is 2.17. The van der Waals surface area contributed by atoms with E-state index < -0.39 is 5.91 Å². The first-order chi connectivity index (χ1) is 7.22. The maximum Gasteiger partial charge on any atom is 0.267 e. The molecule has 15 heavy (non-hydrogen) atoms. The minimum Gasteiger partial charge on any atom is -0.364 e. The van der Waals surface area contributed by atoms with Gasteiger partial charge in [0.2, 0.25) is 6.29 Å². The van der Waals surface area contributed by atoms with Crippen LogP contribution in [-0.2, 0) is 4.79 Å². The predicted octanol–water partition coefficient (Wildman–Crippen LogP) is 0.791. The average molecular weight is 199 g/mol. The van der Waals surface area contributed by atoms with Crippen molar-refractivity contribution in [1.82, 2.24) is 4.98 Å². The van der Waals surface area contributed by atoms with Gasteiger partial charge in [-0.2, -0.15) is 0 Å². The van der Waals surface area contributed by atoms with E-state index in [1.54, 1.807) is 30.6 Å². The summed E-state index contributed by atoms with van der Waals surface area (Å²) in [7, 11) is 0. The van der Waals surface area contributed by atoms with Crippen molar-refractivity contribution in [3.8, 4) is 0 Å². The third kappa shape index (κ3) is 1.57. The monoisotopic (exact) mass is 199 g/mol. The van der Waals surface area contributed by atoms with Crippen molar-refractivity contribution in [1.29, 1.82) is 0 Å². The van der Waals surface area contributed by atoms with E-state index in [-0.39, 0.29) is 5.69 Å².